The van der Waals surface area contributed by atoms with Crippen molar-refractivity contribution in [3.63, 3.8) is 0 Å². The zero-order valence-electron chi connectivity index (χ0n) is 40.1. The van der Waals surface area contributed by atoms with E-state index in [0.29, 0.717) is 42.8 Å². The van der Waals surface area contributed by atoms with Crippen LogP contribution in [-0.4, -0.2) is 46.2 Å². The Bertz CT molecular complexity index is 3480. The van der Waals surface area contributed by atoms with Crippen LogP contribution in [0.4, 0.5) is 10.5 Å². The third-order valence-corrected chi connectivity index (χ3v) is 14.2. The number of nitrogens with one attached hydrogen (secondary N) is 2. The average molecular weight is 957 g/mol. The molecule has 9 aromatic rings. The average Bonchev–Trinajstić information content (AvgIpc) is 4.22. The van der Waals surface area contributed by atoms with Crippen LogP contribution in [0.15, 0.2) is 167 Å². The lowest BCUT2D eigenvalue weighted by Gasteiger charge is -2.33. The van der Waals surface area contributed by atoms with Gasteiger partial charge in [0.25, 0.3) is 0 Å². The number of ether oxygens (including phenoxy) is 3. The fraction of sp³-hybridized carbons (Fsp3) is 0.220. The molecule has 72 heavy (non-hydrogen) atoms. The van der Waals surface area contributed by atoms with E-state index >= 15 is 0 Å². The maximum Gasteiger partial charge on any atom is 0.408 e. The number of nitrogens with zero attached hydrogens (tertiary/aromatic N) is 4. The molecule has 3 atom stereocenters. The van der Waals surface area contributed by atoms with Crippen LogP contribution < -0.4 is 20.3 Å². The number of hydrogen-bond acceptors (Lipinski definition) is 10. The topological polar surface area (TPSA) is 146 Å². The molecule has 1 spiro atoms. The summed E-state index contributed by atoms with van der Waals surface area (Å²) in [5.41, 5.74) is 9.58. The van der Waals surface area contributed by atoms with Gasteiger partial charge in [-0.15, -0.1) is 0 Å². The molecule has 13 nitrogen and oxygen atoms in total. The van der Waals surface area contributed by atoms with Crippen molar-refractivity contribution in [1.82, 2.24) is 25.2 Å². The molecular weight excluding hydrogens is 905 g/mol. The third-order valence-electron chi connectivity index (χ3n) is 14.2. The van der Waals surface area contributed by atoms with Gasteiger partial charge in [0.15, 0.2) is 17.2 Å². The maximum absolute atomic E-state index is 14.8. The van der Waals surface area contributed by atoms with Crippen LogP contribution in [0.25, 0.3) is 44.9 Å². The summed E-state index contributed by atoms with van der Waals surface area (Å²) in [4.78, 5) is 41.3. The highest BCUT2D eigenvalue weighted by Crippen LogP contribution is 2.58. The molecule has 10 bridgehead atoms. The van der Waals surface area contributed by atoms with Crippen molar-refractivity contribution >= 4 is 28.6 Å². The predicted molar refractivity (Wildman–Crippen MR) is 273 cm³/mol. The molecule has 0 unspecified atom stereocenters. The molecule has 2 amide bonds. The highest BCUT2D eigenvalue weighted by atomic mass is 16.5. The molecule has 0 radical (unpaired) electrons. The Kier molecular flexibility index (Phi) is 11.4. The highest BCUT2D eigenvalue weighted by molar-refractivity contribution is 6.08. The second-order valence-corrected chi connectivity index (χ2v) is 19.1. The zero-order valence-corrected chi connectivity index (χ0v) is 40.1. The van der Waals surface area contributed by atoms with Gasteiger partial charge in [-0.25, -0.2) is 14.8 Å². The molecule has 6 heterocycles. The van der Waals surface area contributed by atoms with Crippen molar-refractivity contribution in [3.8, 4) is 39.8 Å². The van der Waals surface area contributed by atoms with E-state index in [2.05, 4.69) is 93.0 Å². The lowest BCUT2D eigenvalue weighted by atomic mass is 9.71. The quantitative estimate of drug-likeness (QED) is 0.128. The van der Waals surface area contributed by atoms with Gasteiger partial charge in [-0.2, -0.15) is 0 Å². The number of rotatable bonds is 11. The molecule has 360 valence electrons. The Morgan fingerprint density at radius 2 is 1.54 bits per heavy atom. The Hall–Kier alpha value is -8.42. The van der Waals surface area contributed by atoms with Crippen LogP contribution in [0, 0.1) is 5.92 Å². The molecule has 6 aromatic carbocycles. The van der Waals surface area contributed by atoms with Gasteiger partial charge in [0.05, 0.1) is 11.7 Å². The molecule has 12 rings (SSSR count). The molecule has 3 aliphatic heterocycles. The molecule has 0 aliphatic carbocycles. The fourth-order valence-corrected chi connectivity index (χ4v) is 10.8. The number of anilines is 1. The van der Waals surface area contributed by atoms with E-state index in [1.165, 1.54) is 0 Å². The number of fused-ring (bicyclic) bond motifs is 8. The SMILES string of the molecule is COCn1cc2c3c(cccc31)-c1cccc3c1N(Cc1ccccc1)C[C@@]31c3cc(ccc3OCc3ccccc3)C[C@@H](NC(=O)OCc3ccccc3)C(=O)N[C@H](C(C)C)c3nc(c1o3)-c1ncc-2o1. The van der Waals surface area contributed by atoms with E-state index in [1.54, 1.807) is 13.3 Å². The van der Waals surface area contributed by atoms with E-state index < -0.39 is 29.5 Å². The van der Waals surface area contributed by atoms with Crippen molar-refractivity contribution in [1.29, 1.82) is 0 Å². The van der Waals surface area contributed by atoms with Crippen LogP contribution in [0.5, 0.6) is 5.75 Å². The molecule has 13 heteroatoms. The van der Waals surface area contributed by atoms with E-state index in [-0.39, 0.29) is 37.3 Å². The minimum Gasteiger partial charge on any atom is -0.489 e. The number of carbonyl (C=O) groups excluding carboxylic acids is 2. The number of aromatic nitrogens is 3. The van der Waals surface area contributed by atoms with Crippen molar-refractivity contribution in [2.75, 3.05) is 18.6 Å². The first-order chi connectivity index (χ1) is 35.2. The minimum absolute atomic E-state index is 0.0372. The molecular formula is C59H52N6O7. The summed E-state index contributed by atoms with van der Waals surface area (Å²) in [6.07, 6.45) is 3.21. The summed E-state index contributed by atoms with van der Waals surface area (Å²) < 4.78 is 34.9. The molecule has 3 aliphatic rings. The van der Waals surface area contributed by atoms with Gasteiger partial charge in [0.2, 0.25) is 17.7 Å². The first-order valence-corrected chi connectivity index (χ1v) is 24.3. The number of hydrogen-bond donors (Lipinski definition) is 2. The number of oxazole rings is 2. The van der Waals surface area contributed by atoms with Crippen molar-refractivity contribution in [2.45, 2.75) is 64.3 Å². The number of alkyl carbamates (subject to hydrolysis) is 1. The molecule has 0 saturated carbocycles. The number of para-hydroxylation sites is 1. The van der Waals surface area contributed by atoms with Crippen molar-refractivity contribution in [2.24, 2.45) is 5.92 Å². The summed E-state index contributed by atoms with van der Waals surface area (Å²) >= 11 is 0. The van der Waals surface area contributed by atoms with Crippen molar-refractivity contribution < 1.29 is 32.6 Å². The summed E-state index contributed by atoms with van der Waals surface area (Å²) in [7, 11) is 1.69. The molecule has 2 N–H and O–H groups in total. The van der Waals surface area contributed by atoms with Gasteiger partial charge >= 0.3 is 6.09 Å². The fourth-order valence-electron chi connectivity index (χ4n) is 10.8. The standard InChI is InChI=1S/C59H52N6O7/c1-36(2)51-57-63-52-54(72-57)59(45-27-40(25-26-48(45)69-32-38-17-9-5-10-18-38)28-46(55(66)62-51)61-58(67)70-33-39-19-11-6-12-20-39)34-64(30-37-15-7-4-8-16-37)53-42(22-13-23-44(53)59)41-21-14-24-47-50(41)43(31-65(47)35-68-3)49-29-60-56(52)71-49/h4-27,29,31,36,46,51H,28,30,32-35H2,1-3H3,(H,61,67)(H,62,66)/t46-,51-,59+/m1/s1. The lowest BCUT2D eigenvalue weighted by Crippen LogP contribution is -2.49. The second-order valence-electron chi connectivity index (χ2n) is 19.1. The normalized spacial score (nSPS) is 17.6. The molecule has 0 fully saturated rings. The van der Waals surface area contributed by atoms with E-state index in [0.717, 1.165) is 66.7 Å². The van der Waals surface area contributed by atoms with E-state index in [4.69, 9.17) is 33.0 Å². The Labute approximate surface area is 416 Å². The lowest BCUT2D eigenvalue weighted by molar-refractivity contribution is -0.124. The first-order valence-electron chi connectivity index (χ1n) is 24.3. The van der Waals surface area contributed by atoms with Crippen LogP contribution in [0.3, 0.4) is 0 Å². The largest absolute Gasteiger partial charge is 0.489 e. The predicted octanol–water partition coefficient (Wildman–Crippen LogP) is 11.1. The smallest absolute Gasteiger partial charge is 0.408 e. The third kappa shape index (κ3) is 7.86. The summed E-state index contributed by atoms with van der Waals surface area (Å²) in [5.74, 6) is 1.53. The van der Waals surface area contributed by atoms with E-state index in [9.17, 15) is 9.59 Å². The van der Waals surface area contributed by atoms with Gasteiger partial charge in [-0.3, -0.25) is 4.79 Å². The minimum atomic E-state index is -1.16. The summed E-state index contributed by atoms with van der Waals surface area (Å²) in [6.45, 7) is 5.58. The van der Waals surface area contributed by atoms with Gasteiger partial charge in [-0.05, 0) is 51.4 Å². The Balaban J connectivity index is 1.14. The Morgan fingerprint density at radius 1 is 0.819 bits per heavy atom. The van der Waals surface area contributed by atoms with Crippen molar-refractivity contribution in [3.05, 3.63) is 203 Å². The monoisotopic (exact) mass is 956 g/mol. The van der Waals surface area contributed by atoms with Gasteiger partial charge in [0.1, 0.15) is 43.2 Å². The van der Waals surface area contributed by atoms with Crippen LogP contribution in [0.1, 0.15) is 64.9 Å². The Morgan fingerprint density at radius 3 is 2.29 bits per heavy atom. The van der Waals surface area contributed by atoms with Crippen LogP contribution >= 0.6 is 0 Å². The number of amides is 2. The number of carbonyl (C=O) groups is 2. The molecule has 3 aromatic heterocycles. The molecule has 0 saturated heterocycles. The number of methoxy groups -OCH3 is 1. The maximum atomic E-state index is 14.8. The summed E-state index contributed by atoms with van der Waals surface area (Å²) in [6, 6.07) is 47.1. The number of benzene rings is 6. The van der Waals surface area contributed by atoms with Gasteiger partial charge in [-0.1, -0.05) is 147 Å². The van der Waals surface area contributed by atoms with E-state index in [1.807, 2.05) is 92.7 Å². The van der Waals surface area contributed by atoms with Crippen LogP contribution in [-0.2, 0) is 52.6 Å². The van der Waals surface area contributed by atoms with Crippen LogP contribution in [0.2, 0.25) is 0 Å². The van der Waals surface area contributed by atoms with Gasteiger partial charge < -0.3 is 43.1 Å². The second kappa shape index (κ2) is 18.4. The summed E-state index contributed by atoms with van der Waals surface area (Å²) in [5, 5.41) is 7.16. The van der Waals surface area contributed by atoms with Gasteiger partial charge in [0, 0.05) is 60.6 Å². The zero-order chi connectivity index (χ0) is 48.9. The first kappa shape index (κ1) is 44.8. The highest BCUT2D eigenvalue weighted by Gasteiger charge is 2.54.